The molecule has 2 nitrogen and oxygen atoms in total. The lowest BCUT2D eigenvalue weighted by Gasteiger charge is -2.07. The van der Waals surface area contributed by atoms with Gasteiger partial charge in [0.1, 0.15) is 0 Å². The molecule has 0 unspecified atom stereocenters. The van der Waals surface area contributed by atoms with Gasteiger partial charge in [-0.1, -0.05) is 6.92 Å². The van der Waals surface area contributed by atoms with E-state index in [1.54, 1.807) is 17.8 Å². The molecule has 88 valence electrons. The van der Waals surface area contributed by atoms with E-state index in [0.717, 1.165) is 11.5 Å². The summed E-state index contributed by atoms with van der Waals surface area (Å²) in [5, 5.41) is 0. The average molecular weight is 242 g/mol. The Morgan fingerprint density at radius 1 is 1.50 bits per heavy atom. The van der Waals surface area contributed by atoms with E-state index in [-0.39, 0.29) is 11.5 Å². The molecule has 0 bridgehead atoms. The van der Waals surface area contributed by atoms with E-state index in [2.05, 4.69) is 6.92 Å². The van der Waals surface area contributed by atoms with E-state index < -0.39 is 5.82 Å². The third-order valence-corrected chi connectivity index (χ3v) is 2.89. The summed E-state index contributed by atoms with van der Waals surface area (Å²) in [6.45, 7) is 3.95. The van der Waals surface area contributed by atoms with Crippen molar-refractivity contribution in [1.82, 2.24) is 0 Å². The number of hydrogen-bond donors (Lipinski definition) is 0. The van der Waals surface area contributed by atoms with Crippen molar-refractivity contribution in [2.45, 2.75) is 13.8 Å². The molecule has 1 aromatic carbocycles. The Labute approximate surface area is 99.2 Å². The highest BCUT2D eigenvalue weighted by molar-refractivity contribution is 7.99. The van der Waals surface area contributed by atoms with Crippen LogP contribution < -0.4 is 4.74 Å². The Hall–Kier alpha value is -1.03. The molecule has 0 aliphatic carbocycles. The SMILES string of the molecule is CCSCCOc1ccc(C(C)=O)cc1F. The Kier molecular flexibility index (Phi) is 5.32. The highest BCUT2D eigenvalue weighted by Crippen LogP contribution is 2.18. The average Bonchev–Trinajstić information content (AvgIpc) is 2.26. The number of hydrogen-bond acceptors (Lipinski definition) is 3. The largest absolute Gasteiger partial charge is 0.490 e. The number of halogens is 1. The summed E-state index contributed by atoms with van der Waals surface area (Å²) in [5.74, 6) is 1.45. The minimum atomic E-state index is -0.478. The molecule has 0 atom stereocenters. The highest BCUT2D eigenvalue weighted by Gasteiger charge is 2.06. The maximum absolute atomic E-state index is 13.4. The van der Waals surface area contributed by atoms with Gasteiger partial charge >= 0.3 is 0 Å². The van der Waals surface area contributed by atoms with Gasteiger partial charge in [-0.05, 0) is 30.9 Å². The molecule has 0 saturated carbocycles. The van der Waals surface area contributed by atoms with E-state index in [1.165, 1.54) is 19.1 Å². The number of rotatable bonds is 6. The molecule has 0 saturated heterocycles. The Balaban J connectivity index is 2.57. The topological polar surface area (TPSA) is 26.3 Å². The fraction of sp³-hybridized carbons (Fsp3) is 0.417. The summed E-state index contributed by atoms with van der Waals surface area (Å²) in [6, 6.07) is 4.29. The smallest absolute Gasteiger partial charge is 0.165 e. The maximum atomic E-state index is 13.4. The summed E-state index contributed by atoms with van der Waals surface area (Å²) in [6.07, 6.45) is 0. The van der Waals surface area contributed by atoms with Crippen LogP contribution in [0.2, 0.25) is 0 Å². The summed E-state index contributed by atoms with van der Waals surface area (Å²) in [4.78, 5) is 11.0. The maximum Gasteiger partial charge on any atom is 0.165 e. The van der Waals surface area contributed by atoms with Gasteiger partial charge in [0.2, 0.25) is 0 Å². The number of carbonyl (C=O) groups excluding carboxylic acids is 1. The lowest BCUT2D eigenvalue weighted by atomic mass is 10.1. The minimum absolute atomic E-state index is 0.146. The van der Waals surface area contributed by atoms with Crippen LogP contribution in [-0.2, 0) is 0 Å². The monoisotopic (exact) mass is 242 g/mol. The van der Waals surface area contributed by atoms with Crippen molar-refractivity contribution in [3.8, 4) is 5.75 Å². The summed E-state index contributed by atoms with van der Waals surface area (Å²) < 4.78 is 18.7. The van der Waals surface area contributed by atoms with Gasteiger partial charge in [0.05, 0.1) is 6.61 Å². The summed E-state index contributed by atoms with van der Waals surface area (Å²) >= 11 is 1.74. The first-order chi connectivity index (χ1) is 7.65. The van der Waals surface area contributed by atoms with Crippen molar-refractivity contribution in [3.63, 3.8) is 0 Å². The minimum Gasteiger partial charge on any atom is -0.490 e. The molecule has 0 amide bonds. The molecule has 0 spiro atoms. The van der Waals surface area contributed by atoms with Crippen molar-refractivity contribution in [1.29, 1.82) is 0 Å². The van der Waals surface area contributed by atoms with E-state index in [4.69, 9.17) is 4.74 Å². The summed E-state index contributed by atoms with van der Waals surface area (Å²) in [5.41, 5.74) is 0.368. The second-order valence-electron chi connectivity index (χ2n) is 3.25. The second kappa shape index (κ2) is 6.53. The standard InChI is InChI=1S/C12H15FO2S/c1-3-16-7-6-15-12-5-4-10(9(2)14)8-11(12)13/h4-5,8H,3,6-7H2,1-2H3. The van der Waals surface area contributed by atoms with Crippen LogP contribution >= 0.6 is 11.8 Å². The van der Waals surface area contributed by atoms with Crippen molar-refractivity contribution < 1.29 is 13.9 Å². The van der Waals surface area contributed by atoms with Crippen LogP contribution in [0.1, 0.15) is 24.2 Å². The van der Waals surface area contributed by atoms with Crippen molar-refractivity contribution in [3.05, 3.63) is 29.6 Å². The van der Waals surface area contributed by atoms with E-state index >= 15 is 0 Å². The fourth-order valence-electron chi connectivity index (χ4n) is 1.19. The first-order valence-corrected chi connectivity index (χ1v) is 6.31. The van der Waals surface area contributed by atoms with Gasteiger partial charge in [0.15, 0.2) is 17.3 Å². The van der Waals surface area contributed by atoms with Crippen LogP contribution in [0.3, 0.4) is 0 Å². The van der Waals surface area contributed by atoms with Gasteiger partial charge in [-0.15, -0.1) is 0 Å². The molecule has 16 heavy (non-hydrogen) atoms. The molecule has 0 aliphatic rings. The zero-order chi connectivity index (χ0) is 12.0. The third-order valence-electron chi connectivity index (χ3n) is 2.03. The quantitative estimate of drug-likeness (QED) is 0.566. The molecule has 0 aliphatic heterocycles. The van der Waals surface area contributed by atoms with E-state index in [1.807, 2.05) is 0 Å². The van der Waals surface area contributed by atoms with Crippen molar-refractivity contribution in [2.75, 3.05) is 18.1 Å². The Morgan fingerprint density at radius 3 is 2.81 bits per heavy atom. The Morgan fingerprint density at radius 2 is 2.25 bits per heavy atom. The van der Waals surface area contributed by atoms with Crippen molar-refractivity contribution >= 4 is 17.5 Å². The van der Waals surface area contributed by atoms with Gasteiger partial charge in [0, 0.05) is 11.3 Å². The lowest BCUT2D eigenvalue weighted by molar-refractivity contribution is 0.101. The normalized spacial score (nSPS) is 10.2. The van der Waals surface area contributed by atoms with Crippen molar-refractivity contribution in [2.24, 2.45) is 0 Å². The number of ether oxygens (including phenoxy) is 1. The van der Waals surface area contributed by atoms with Crippen LogP contribution in [0.15, 0.2) is 18.2 Å². The van der Waals surface area contributed by atoms with Crippen LogP contribution in [0.4, 0.5) is 4.39 Å². The fourth-order valence-corrected chi connectivity index (χ4v) is 1.68. The summed E-state index contributed by atoms with van der Waals surface area (Å²) in [7, 11) is 0. The number of ketones is 1. The second-order valence-corrected chi connectivity index (χ2v) is 4.64. The molecule has 1 rings (SSSR count). The molecule has 0 heterocycles. The molecule has 0 N–H and O–H groups in total. The van der Waals surface area contributed by atoms with Gasteiger partial charge in [-0.2, -0.15) is 11.8 Å². The predicted octanol–water partition coefficient (Wildman–Crippen LogP) is 3.16. The highest BCUT2D eigenvalue weighted by atomic mass is 32.2. The molecular formula is C12H15FO2S. The van der Waals surface area contributed by atoms with Crippen LogP contribution in [0.5, 0.6) is 5.75 Å². The number of Topliss-reactive ketones (excluding diaryl/α,β-unsaturated/α-hetero) is 1. The van der Waals surface area contributed by atoms with Gasteiger partial charge < -0.3 is 4.74 Å². The van der Waals surface area contributed by atoms with E-state index in [9.17, 15) is 9.18 Å². The first kappa shape index (κ1) is 13.0. The zero-order valence-corrected chi connectivity index (χ0v) is 10.3. The molecule has 0 fully saturated rings. The third kappa shape index (κ3) is 3.85. The molecule has 1 aromatic rings. The van der Waals surface area contributed by atoms with E-state index in [0.29, 0.717) is 12.2 Å². The van der Waals surface area contributed by atoms with Gasteiger partial charge in [-0.25, -0.2) is 4.39 Å². The lowest BCUT2D eigenvalue weighted by Crippen LogP contribution is -2.03. The molecule has 4 heteroatoms. The first-order valence-electron chi connectivity index (χ1n) is 5.16. The van der Waals surface area contributed by atoms with Crippen LogP contribution in [-0.4, -0.2) is 23.9 Å². The van der Waals surface area contributed by atoms with Gasteiger partial charge in [0.25, 0.3) is 0 Å². The van der Waals surface area contributed by atoms with Gasteiger partial charge in [-0.3, -0.25) is 4.79 Å². The molecule has 0 radical (unpaired) electrons. The van der Waals surface area contributed by atoms with Crippen LogP contribution in [0.25, 0.3) is 0 Å². The predicted molar refractivity (Wildman–Crippen MR) is 64.9 cm³/mol. The zero-order valence-electron chi connectivity index (χ0n) is 9.46. The number of thioether (sulfide) groups is 1. The number of carbonyl (C=O) groups is 1. The molecular weight excluding hydrogens is 227 g/mol. The number of benzene rings is 1. The Bertz CT molecular complexity index is 366. The van der Waals surface area contributed by atoms with Crippen LogP contribution in [0, 0.1) is 5.82 Å². The molecule has 0 aromatic heterocycles.